The number of hydrogen-bond donors (Lipinski definition) is 1. The van der Waals surface area contributed by atoms with Crippen molar-refractivity contribution in [3.05, 3.63) is 23.8 Å². The Morgan fingerprint density at radius 3 is 2.77 bits per heavy atom. The summed E-state index contributed by atoms with van der Waals surface area (Å²) in [5.41, 5.74) is -0.734. The van der Waals surface area contributed by atoms with Crippen molar-refractivity contribution in [2.24, 2.45) is 5.41 Å². The lowest BCUT2D eigenvalue weighted by molar-refractivity contribution is -0.143. The summed E-state index contributed by atoms with van der Waals surface area (Å²) in [4.78, 5) is 10.9. The normalized spacial score (nSPS) is 25.5. The van der Waals surface area contributed by atoms with E-state index in [0.717, 1.165) is 0 Å². The summed E-state index contributed by atoms with van der Waals surface area (Å²) in [5, 5.41) is 8.91. The van der Waals surface area contributed by atoms with Crippen molar-refractivity contribution in [3.8, 4) is 24.7 Å². The molecule has 0 amide bonds. The number of carbonyl (C=O) groups is 1. The molecule has 1 aliphatic rings. The maximum atomic E-state index is 10.9. The first-order valence-electron chi connectivity index (χ1n) is 3.72. The lowest BCUT2D eigenvalue weighted by Gasteiger charge is -2.20. The van der Waals surface area contributed by atoms with Gasteiger partial charge in [0.25, 0.3) is 0 Å². The summed E-state index contributed by atoms with van der Waals surface area (Å²) in [6, 6.07) is 0. The first kappa shape index (κ1) is 9.16. The van der Waals surface area contributed by atoms with Gasteiger partial charge in [0.1, 0.15) is 0 Å². The van der Waals surface area contributed by atoms with Crippen LogP contribution in [0, 0.1) is 30.1 Å². The van der Waals surface area contributed by atoms with Gasteiger partial charge in [-0.25, -0.2) is 0 Å². The number of carboxylic acid groups (broad SMARTS) is 1. The Hall–Kier alpha value is -1.93. The highest BCUT2D eigenvalue weighted by atomic mass is 16.4. The second kappa shape index (κ2) is 3.21. The Morgan fingerprint density at radius 1 is 1.62 bits per heavy atom. The maximum Gasteiger partial charge on any atom is 0.326 e. The molecule has 0 heterocycles. The molecule has 13 heavy (non-hydrogen) atoms. The lowest BCUT2D eigenvalue weighted by Crippen LogP contribution is -2.28. The van der Waals surface area contributed by atoms with Crippen molar-refractivity contribution < 1.29 is 9.90 Å². The van der Waals surface area contributed by atoms with Gasteiger partial charge in [-0.1, -0.05) is 24.0 Å². The quantitative estimate of drug-likeness (QED) is 0.603. The van der Waals surface area contributed by atoms with E-state index in [2.05, 4.69) is 11.8 Å². The van der Waals surface area contributed by atoms with Crippen LogP contribution in [0.1, 0.15) is 6.42 Å². The molecule has 64 valence electrons. The van der Waals surface area contributed by atoms with E-state index >= 15 is 0 Å². The zero-order valence-electron chi connectivity index (χ0n) is 6.95. The smallest absolute Gasteiger partial charge is 0.326 e. The average molecular weight is 172 g/mol. The maximum absolute atomic E-state index is 10.9. The van der Waals surface area contributed by atoms with E-state index in [-0.39, 0.29) is 0 Å². The number of terminal acetylenes is 2. The van der Waals surface area contributed by atoms with Gasteiger partial charge in [0.15, 0.2) is 5.41 Å². The molecule has 1 N–H and O–H groups in total. The van der Waals surface area contributed by atoms with Gasteiger partial charge in [-0.05, 0) is 12.5 Å². The monoisotopic (exact) mass is 172 g/mol. The minimum atomic E-state index is -1.25. The molecule has 0 saturated carbocycles. The summed E-state index contributed by atoms with van der Waals surface area (Å²) >= 11 is 0. The SMILES string of the molecule is C#CC1=CC(C#C)(C(=O)O)CC=C1. The Morgan fingerprint density at radius 2 is 2.31 bits per heavy atom. The molecule has 1 atom stereocenters. The highest BCUT2D eigenvalue weighted by Crippen LogP contribution is 2.29. The van der Waals surface area contributed by atoms with Crippen molar-refractivity contribution in [3.63, 3.8) is 0 Å². The van der Waals surface area contributed by atoms with Crippen LogP contribution in [-0.4, -0.2) is 11.1 Å². The molecule has 0 aliphatic heterocycles. The molecule has 0 saturated heterocycles. The summed E-state index contributed by atoms with van der Waals surface area (Å²) < 4.78 is 0. The van der Waals surface area contributed by atoms with Crippen LogP contribution < -0.4 is 0 Å². The van der Waals surface area contributed by atoms with E-state index in [1.807, 2.05) is 0 Å². The molecule has 2 heteroatoms. The Bertz CT molecular complexity index is 374. The Balaban J connectivity index is 3.16. The van der Waals surface area contributed by atoms with E-state index in [9.17, 15) is 4.79 Å². The zero-order chi connectivity index (χ0) is 9.90. The zero-order valence-corrected chi connectivity index (χ0v) is 6.95. The summed E-state index contributed by atoms with van der Waals surface area (Å²) in [6.45, 7) is 0. The standard InChI is InChI=1S/C11H8O2/c1-3-9-6-5-7-11(4-2,8-9)10(12)13/h1-2,5-6,8H,7H2,(H,12,13). The molecule has 0 fully saturated rings. The molecule has 0 aromatic carbocycles. The topological polar surface area (TPSA) is 37.3 Å². The van der Waals surface area contributed by atoms with Crippen LogP contribution in [0.15, 0.2) is 23.8 Å². The van der Waals surface area contributed by atoms with Crippen LogP contribution in [0.2, 0.25) is 0 Å². The third-order valence-electron chi connectivity index (χ3n) is 1.95. The highest BCUT2D eigenvalue weighted by molar-refractivity contribution is 5.82. The van der Waals surface area contributed by atoms with Crippen molar-refractivity contribution >= 4 is 5.97 Å². The minimum Gasteiger partial charge on any atom is -0.480 e. The molecule has 0 spiro atoms. The third-order valence-corrected chi connectivity index (χ3v) is 1.95. The Kier molecular flexibility index (Phi) is 2.26. The van der Waals surface area contributed by atoms with E-state index in [1.54, 1.807) is 12.2 Å². The highest BCUT2D eigenvalue weighted by Gasteiger charge is 2.34. The van der Waals surface area contributed by atoms with E-state index < -0.39 is 11.4 Å². The summed E-state index contributed by atoms with van der Waals surface area (Å²) in [6.07, 6.45) is 15.4. The van der Waals surface area contributed by atoms with Crippen LogP contribution in [0.3, 0.4) is 0 Å². The molecule has 1 aliphatic carbocycles. The number of allylic oxidation sites excluding steroid dienone is 3. The van der Waals surface area contributed by atoms with E-state index in [0.29, 0.717) is 12.0 Å². The molecule has 0 bridgehead atoms. The molecule has 0 aromatic rings. The molecular weight excluding hydrogens is 164 g/mol. The van der Waals surface area contributed by atoms with Crippen LogP contribution in [0.25, 0.3) is 0 Å². The van der Waals surface area contributed by atoms with Crippen molar-refractivity contribution in [1.29, 1.82) is 0 Å². The summed E-state index contributed by atoms with van der Waals surface area (Å²) in [5.74, 6) is 3.59. The number of aliphatic carboxylic acids is 1. The van der Waals surface area contributed by atoms with Gasteiger partial charge < -0.3 is 5.11 Å². The van der Waals surface area contributed by atoms with Crippen molar-refractivity contribution in [2.45, 2.75) is 6.42 Å². The molecule has 0 radical (unpaired) electrons. The largest absolute Gasteiger partial charge is 0.480 e. The van der Waals surface area contributed by atoms with Gasteiger partial charge in [0.05, 0.1) is 0 Å². The van der Waals surface area contributed by atoms with E-state index in [4.69, 9.17) is 18.0 Å². The first-order valence-corrected chi connectivity index (χ1v) is 3.72. The average Bonchev–Trinajstić information content (AvgIpc) is 2.17. The predicted molar refractivity (Wildman–Crippen MR) is 49.6 cm³/mol. The fraction of sp³-hybridized carbons (Fsp3) is 0.182. The second-order valence-corrected chi connectivity index (χ2v) is 2.77. The van der Waals surface area contributed by atoms with Crippen molar-refractivity contribution in [1.82, 2.24) is 0 Å². The van der Waals surface area contributed by atoms with Gasteiger partial charge >= 0.3 is 5.97 Å². The van der Waals surface area contributed by atoms with Crippen LogP contribution in [0.4, 0.5) is 0 Å². The molecular formula is C11H8O2. The van der Waals surface area contributed by atoms with Gasteiger partial charge in [0, 0.05) is 5.57 Å². The second-order valence-electron chi connectivity index (χ2n) is 2.77. The molecule has 1 unspecified atom stereocenters. The Labute approximate surface area is 77.0 Å². The van der Waals surface area contributed by atoms with Crippen molar-refractivity contribution in [2.75, 3.05) is 0 Å². The van der Waals surface area contributed by atoms with Gasteiger partial charge in [-0.3, -0.25) is 4.79 Å². The minimum absolute atomic E-state index is 0.296. The van der Waals surface area contributed by atoms with Crippen LogP contribution in [0.5, 0.6) is 0 Å². The van der Waals surface area contributed by atoms with Gasteiger partial charge in [-0.15, -0.1) is 12.8 Å². The lowest BCUT2D eigenvalue weighted by atomic mass is 9.80. The first-order chi connectivity index (χ1) is 6.14. The number of carboxylic acids is 1. The van der Waals surface area contributed by atoms with E-state index in [1.165, 1.54) is 6.08 Å². The van der Waals surface area contributed by atoms with Crippen LogP contribution in [-0.2, 0) is 4.79 Å². The number of hydrogen-bond acceptors (Lipinski definition) is 1. The fourth-order valence-corrected chi connectivity index (χ4v) is 1.15. The fourth-order valence-electron chi connectivity index (χ4n) is 1.15. The van der Waals surface area contributed by atoms with Crippen LogP contribution >= 0.6 is 0 Å². The molecule has 1 rings (SSSR count). The number of rotatable bonds is 1. The predicted octanol–water partition coefficient (Wildman–Crippen LogP) is 1.21. The van der Waals surface area contributed by atoms with Gasteiger partial charge in [-0.2, -0.15) is 0 Å². The molecule has 0 aromatic heterocycles. The summed E-state index contributed by atoms with van der Waals surface area (Å²) in [7, 11) is 0. The third kappa shape index (κ3) is 1.48. The molecule has 2 nitrogen and oxygen atoms in total. The van der Waals surface area contributed by atoms with Gasteiger partial charge in [0.2, 0.25) is 0 Å².